The first-order valence-corrected chi connectivity index (χ1v) is 6.82. The highest BCUT2D eigenvalue weighted by Crippen LogP contribution is 2.25. The van der Waals surface area contributed by atoms with Crippen LogP contribution in [0.3, 0.4) is 0 Å². The molecule has 1 unspecified atom stereocenters. The molecular weight excluding hydrogens is 242 g/mol. The minimum absolute atomic E-state index is 0.219. The molecule has 5 nitrogen and oxygen atoms in total. The van der Waals surface area contributed by atoms with Gasteiger partial charge in [0.1, 0.15) is 0 Å². The van der Waals surface area contributed by atoms with Gasteiger partial charge in [0.25, 0.3) is 5.69 Å². The molecule has 19 heavy (non-hydrogen) atoms. The van der Waals surface area contributed by atoms with Gasteiger partial charge in [0.15, 0.2) is 0 Å². The minimum Gasteiger partial charge on any atom is -0.381 e. The zero-order valence-electron chi connectivity index (χ0n) is 11.6. The number of piperidine rings is 1. The summed E-state index contributed by atoms with van der Waals surface area (Å²) in [6, 6.07) is 5.84. The normalized spacial score (nSPS) is 20.2. The molecular formula is C14H21N3O2. The summed E-state index contributed by atoms with van der Waals surface area (Å²) in [7, 11) is 2.11. The number of anilines is 1. The van der Waals surface area contributed by atoms with E-state index >= 15 is 0 Å². The maximum atomic E-state index is 11.0. The van der Waals surface area contributed by atoms with Gasteiger partial charge < -0.3 is 10.2 Å². The number of likely N-dealkylation sites (N-methyl/N-ethyl adjacent to an activating group) is 1. The van der Waals surface area contributed by atoms with Gasteiger partial charge in [-0.2, -0.15) is 0 Å². The van der Waals surface area contributed by atoms with Gasteiger partial charge in [-0.15, -0.1) is 0 Å². The molecule has 5 heteroatoms. The van der Waals surface area contributed by atoms with Gasteiger partial charge in [-0.1, -0.05) is 13.0 Å². The lowest BCUT2D eigenvalue weighted by Crippen LogP contribution is -2.39. The maximum Gasteiger partial charge on any atom is 0.274 e. The fourth-order valence-corrected chi connectivity index (χ4v) is 2.64. The first-order valence-electron chi connectivity index (χ1n) is 6.82. The molecule has 0 bridgehead atoms. The van der Waals surface area contributed by atoms with Crippen LogP contribution in [0, 0.1) is 10.1 Å². The van der Waals surface area contributed by atoms with Gasteiger partial charge in [0, 0.05) is 29.9 Å². The lowest BCUT2D eigenvalue weighted by Gasteiger charge is -2.30. The largest absolute Gasteiger partial charge is 0.381 e. The van der Waals surface area contributed by atoms with Crippen molar-refractivity contribution in [1.29, 1.82) is 0 Å². The van der Waals surface area contributed by atoms with Crippen molar-refractivity contribution in [2.75, 3.05) is 25.5 Å². The predicted molar refractivity (Wildman–Crippen MR) is 76.6 cm³/mol. The van der Waals surface area contributed by atoms with Gasteiger partial charge in [-0.3, -0.25) is 10.1 Å². The number of rotatable bonds is 4. The number of hydrogen-bond acceptors (Lipinski definition) is 4. The van der Waals surface area contributed by atoms with E-state index in [1.807, 2.05) is 19.1 Å². The Bertz CT molecular complexity index is 462. The SMILES string of the molecule is CCc1ccc(NC2CCCN(C)C2)cc1[N+](=O)[O-]. The Hall–Kier alpha value is -1.62. The quantitative estimate of drug-likeness (QED) is 0.670. The van der Waals surface area contributed by atoms with Crippen LogP contribution in [0.4, 0.5) is 11.4 Å². The number of aryl methyl sites for hydroxylation is 1. The Labute approximate surface area is 113 Å². The van der Waals surface area contributed by atoms with Crippen LogP contribution >= 0.6 is 0 Å². The van der Waals surface area contributed by atoms with E-state index in [1.165, 1.54) is 6.42 Å². The molecule has 0 aromatic heterocycles. The summed E-state index contributed by atoms with van der Waals surface area (Å²) >= 11 is 0. The van der Waals surface area contributed by atoms with Gasteiger partial charge in [0.2, 0.25) is 0 Å². The van der Waals surface area contributed by atoms with Crippen LogP contribution in [0.5, 0.6) is 0 Å². The number of nitro groups is 1. The number of hydrogen-bond donors (Lipinski definition) is 1. The van der Waals surface area contributed by atoms with Crippen molar-refractivity contribution >= 4 is 11.4 Å². The minimum atomic E-state index is -0.295. The van der Waals surface area contributed by atoms with E-state index in [2.05, 4.69) is 17.3 Å². The third-order valence-corrected chi connectivity index (χ3v) is 3.66. The summed E-state index contributed by atoms with van der Waals surface area (Å²) in [5, 5.41) is 14.5. The molecule has 1 saturated heterocycles. The predicted octanol–water partition coefficient (Wildman–Crippen LogP) is 2.66. The van der Waals surface area contributed by atoms with Gasteiger partial charge >= 0.3 is 0 Å². The molecule has 1 N–H and O–H groups in total. The van der Waals surface area contributed by atoms with Gasteiger partial charge in [-0.05, 0) is 38.9 Å². The fourth-order valence-electron chi connectivity index (χ4n) is 2.64. The topological polar surface area (TPSA) is 58.4 Å². The number of likely N-dealkylation sites (tertiary alicyclic amines) is 1. The van der Waals surface area contributed by atoms with Gasteiger partial charge in [-0.25, -0.2) is 0 Å². The summed E-state index contributed by atoms with van der Waals surface area (Å²) in [6.07, 6.45) is 2.97. The van der Waals surface area contributed by atoms with Crippen LogP contribution < -0.4 is 5.32 Å². The van der Waals surface area contributed by atoms with E-state index in [9.17, 15) is 10.1 Å². The first-order chi connectivity index (χ1) is 9.10. The van der Waals surface area contributed by atoms with Crippen molar-refractivity contribution < 1.29 is 4.92 Å². The second-order valence-electron chi connectivity index (χ2n) is 5.20. The molecule has 1 fully saturated rings. The molecule has 1 aromatic carbocycles. The lowest BCUT2D eigenvalue weighted by atomic mass is 10.0. The molecule has 0 aliphatic carbocycles. The fraction of sp³-hybridized carbons (Fsp3) is 0.571. The summed E-state index contributed by atoms with van der Waals surface area (Å²) in [4.78, 5) is 13.0. The smallest absolute Gasteiger partial charge is 0.274 e. The zero-order valence-corrected chi connectivity index (χ0v) is 11.6. The van der Waals surface area contributed by atoms with Crippen molar-refractivity contribution in [1.82, 2.24) is 4.90 Å². The van der Waals surface area contributed by atoms with Gasteiger partial charge in [0.05, 0.1) is 4.92 Å². The molecule has 1 aromatic rings. The second kappa shape index (κ2) is 6.02. The Morgan fingerprint density at radius 1 is 1.53 bits per heavy atom. The number of nitro benzene ring substituents is 1. The first kappa shape index (κ1) is 13.8. The van der Waals surface area contributed by atoms with Crippen LogP contribution in [-0.2, 0) is 6.42 Å². The van der Waals surface area contributed by atoms with Crippen molar-refractivity contribution in [2.45, 2.75) is 32.2 Å². The molecule has 2 rings (SSSR count). The van der Waals surface area contributed by atoms with E-state index in [0.29, 0.717) is 12.5 Å². The standard InChI is InChI=1S/C14H21N3O2/c1-3-11-6-7-12(9-14(11)17(18)19)15-13-5-4-8-16(2)10-13/h6-7,9,13,15H,3-5,8,10H2,1-2H3. The highest BCUT2D eigenvalue weighted by Gasteiger charge is 2.18. The molecule has 0 spiro atoms. The third-order valence-electron chi connectivity index (χ3n) is 3.66. The maximum absolute atomic E-state index is 11.0. The van der Waals surface area contributed by atoms with E-state index in [4.69, 9.17) is 0 Å². The summed E-state index contributed by atoms with van der Waals surface area (Å²) in [6.45, 7) is 4.06. The van der Waals surface area contributed by atoms with Crippen molar-refractivity contribution in [2.24, 2.45) is 0 Å². The average molecular weight is 263 g/mol. The Morgan fingerprint density at radius 3 is 2.95 bits per heavy atom. The highest BCUT2D eigenvalue weighted by molar-refractivity contribution is 5.55. The Kier molecular flexibility index (Phi) is 4.37. The zero-order chi connectivity index (χ0) is 13.8. The van der Waals surface area contributed by atoms with Crippen LogP contribution in [0.15, 0.2) is 18.2 Å². The highest BCUT2D eigenvalue weighted by atomic mass is 16.6. The van der Waals surface area contributed by atoms with Crippen molar-refractivity contribution in [3.05, 3.63) is 33.9 Å². The van der Waals surface area contributed by atoms with E-state index in [1.54, 1.807) is 6.07 Å². The van der Waals surface area contributed by atoms with Crippen LogP contribution in [0.25, 0.3) is 0 Å². The van der Waals surface area contributed by atoms with E-state index < -0.39 is 0 Å². The third kappa shape index (κ3) is 3.44. The molecule has 1 atom stereocenters. The number of benzene rings is 1. The average Bonchev–Trinajstić information content (AvgIpc) is 2.38. The molecule has 1 heterocycles. The van der Waals surface area contributed by atoms with Crippen LogP contribution in [0.1, 0.15) is 25.3 Å². The van der Waals surface area contributed by atoms with Crippen molar-refractivity contribution in [3.63, 3.8) is 0 Å². The molecule has 104 valence electrons. The molecule has 0 saturated carbocycles. The molecule has 0 radical (unpaired) electrons. The monoisotopic (exact) mass is 263 g/mol. The lowest BCUT2D eigenvalue weighted by molar-refractivity contribution is -0.385. The molecule has 1 aliphatic heterocycles. The number of nitrogens with zero attached hydrogens (tertiary/aromatic N) is 2. The Morgan fingerprint density at radius 2 is 2.32 bits per heavy atom. The van der Waals surface area contributed by atoms with E-state index in [0.717, 1.165) is 30.8 Å². The van der Waals surface area contributed by atoms with Crippen LogP contribution in [-0.4, -0.2) is 36.0 Å². The van der Waals surface area contributed by atoms with Crippen molar-refractivity contribution in [3.8, 4) is 0 Å². The number of nitrogens with one attached hydrogen (secondary N) is 1. The second-order valence-corrected chi connectivity index (χ2v) is 5.20. The summed E-state index contributed by atoms with van der Waals surface area (Å²) in [5.41, 5.74) is 1.86. The van der Waals surface area contributed by atoms with E-state index in [-0.39, 0.29) is 10.6 Å². The molecule has 0 amide bonds. The summed E-state index contributed by atoms with van der Waals surface area (Å²) in [5.74, 6) is 0. The van der Waals surface area contributed by atoms with Crippen LogP contribution in [0.2, 0.25) is 0 Å². The summed E-state index contributed by atoms with van der Waals surface area (Å²) < 4.78 is 0. The molecule has 1 aliphatic rings. The Balaban J connectivity index is 2.12.